The highest BCUT2D eigenvalue weighted by Crippen LogP contribution is 2.45. The third-order valence-electron chi connectivity index (χ3n) is 6.70. The normalized spacial score (nSPS) is 27.9. The Balaban J connectivity index is 1.43. The Morgan fingerprint density at radius 2 is 2.19 bits per heavy atom. The second-order valence-electron chi connectivity index (χ2n) is 8.74. The van der Waals surface area contributed by atoms with Crippen LogP contribution in [0, 0.1) is 5.92 Å². The maximum atomic E-state index is 11.5. The van der Waals surface area contributed by atoms with Crippen LogP contribution in [-0.4, -0.2) is 40.9 Å². The van der Waals surface area contributed by atoms with E-state index in [9.17, 15) is 4.79 Å². The smallest absolute Gasteiger partial charge is 0.159 e. The number of nitrogens with one attached hydrogen (secondary N) is 1. The Morgan fingerprint density at radius 3 is 2.96 bits per heavy atom. The van der Waals surface area contributed by atoms with Crippen LogP contribution in [0.1, 0.15) is 50.2 Å². The van der Waals surface area contributed by atoms with E-state index in [1.165, 1.54) is 28.5 Å². The van der Waals surface area contributed by atoms with Gasteiger partial charge in [-0.3, -0.25) is 9.69 Å². The Bertz CT molecular complexity index is 910. The SMILES string of the molecule is CC(C)N1CC(COC2=CC(=O)CC2)CC2c3cccc4[nH]cc(c34)C[C@H]21. The highest BCUT2D eigenvalue weighted by Gasteiger charge is 2.41. The average Bonchev–Trinajstić information content (AvgIpc) is 3.27. The summed E-state index contributed by atoms with van der Waals surface area (Å²) in [6.45, 7) is 6.43. The highest BCUT2D eigenvalue weighted by atomic mass is 16.5. The molecule has 0 spiro atoms. The van der Waals surface area contributed by atoms with Crippen molar-refractivity contribution in [3.63, 3.8) is 0 Å². The molecular formula is C23H28N2O2. The summed E-state index contributed by atoms with van der Waals surface area (Å²) < 4.78 is 6.06. The zero-order chi connectivity index (χ0) is 18.5. The number of fused-ring (bicyclic) bond motifs is 2. The van der Waals surface area contributed by atoms with Crippen LogP contribution in [0.5, 0.6) is 0 Å². The maximum Gasteiger partial charge on any atom is 0.159 e. The second kappa shape index (κ2) is 6.52. The van der Waals surface area contributed by atoms with Crippen LogP contribution in [0.3, 0.4) is 0 Å². The van der Waals surface area contributed by atoms with E-state index >= 15 is 0 Å². The van der Waals surface area contributed by atoms with Gasteiger partial charge in [-0.15, -0.1) is 0 Å². The lowest BCUT2D eigenvalue weighted by atomic mass is 9.72. The van der Waals surface area contributed by atoms with Crippen molar-refractivity contribution in [3.8, 4) is 0 Å². The van der Waals surface area contributed by atoms with Crippen molar-refractivity contribution in [2.24, 2.45) is 5.92 Å². The lowest BCUT2D eigenvalue weighted by molar-refractivity contribution is -0.114. The van der Waals surface area contributed by atoms with E-state index in [0.717, 1.165) is 31.8 Å². The Hall–Kier alpha value is -2.07. The van der Waals surface area contributed by atoms with Gasteiger partial charge in [0, 0.05) is 66.5 Å². The minimum atomic E-state index is 0.205. The fourth-order valence-electron chi connectivity index (χ4n) is 5.45. The van der Waals surface area contributed by atoms with Gasteiger partial charge in [0.25, 0.3) is 0 Å². The van der Waals surface area contributed by atoms with Gasteiger partial charge in [0.15, 0.2) is 5.78 Å². The number of rotatable bonds is 4. The minimum Gasteiger partial charge on any atom is -0.497 e. The summed E-state index contributed by atoms with van der Waals surface area (Å²) in [4.78, 5) is 17.6. The Kier molecular flexibility index (Phi) is 4.12. The standard InChI is InChI=1S/C23H28N2O2/c1-14(2)25-12-15(13-27-18-7-6-17(26)10-18)8-20-19-4-3-5-21-23(19)16(11-24-21)9-22(20)25/h3-5,10-11,14-15,20,22,24H,6-9,12-13H2,1-2H3/t15?,20?,22-/m1/s1. The number of allylic oxidation sites excluding steroid dienone is 2. The molecule has 0 radical (unpaired) electrons. The van der Waals surface area contributed by atoms with E-state index in [0.29, 0.717) is 30.3 Å². The molecule has 0 amide bonds. The number of likely N-dealkylation sites (tertiary alicyclic amines) is 1. The quantitative estimate of drug-likeness (QED) is 0.886. The van der Waals surface area contributed by atoms with Gasteiger partial charge < -0.3 is 9.72 Å². The fraction of sp³-hybridized carbons (Fsp3) is 0.522. The van der Waals surface area contributed by atoms with Crippen LogP contribution in [0.4, 0.5) is 0 Å². The third-order valence-corrected chi connectivity index (χ3v) is 6.70. The van der Waals surface area contributed by atoms with Crippen LogP contribution in [0.2, 0.25) is 0 Å². The van der Waals surface area contributed by atoms with Gasteiger partial charge in [-0.25, -0.2) is 0 Å². The van der Waals surface area contributed by atoms with Crippen molar-refractivity contribution in [1.29, 1.82) is 0 Å². The van der Waals surface area contributed by atoms with E-state index in [1.54, 1.807) is 6.08 Å². The largest absolute Gasteiger partial charge is 0.497 e. The van der Waals surface area contributed by atoms with Crippen LogP contribution in [0.15, 0.2) is 36.2 Å². The molecule has 1 N–H and O–H groups in total. The summed E-state index contributed by atoms with van der Waals surface area (Å²) in [6.07, 6.45) is 7.59. The molecule has 3 atom stereocenters. The molecule has 2 unspecified atom stereocenters. The molecule has 4 nitrogen and oxygen atoms in total. The average molecular weight is 364 g/mol. The number of H-pyrrole nitrogens is 1. The molecule has 2 heterocycles. The molecule has 2 aromatic rings. The zero-order valence-electron chi connectivity index (χ0n) is 16.2. The number of ether oxygens (including phenoxy) is 1. The van der Waals surface area contributed by atoms with Gasteiger partial charge >= 0.3 is 0 Å². The summed E-state index contributed by atoms with van der Waals surface area (Å²) in [5, 5.41) is 1.45. The van der Waals surface area contributed by atoms with Crippen LogP contribution in [0.25, 0.3) is 10.9 Å². The number of hydrogen-bond donors (Lipinski definition) is 1. The van der Waals surface area contributed by atoms with Gasteiger partial charge in [0.05, 0.1) is 12.4 Å². The molecule has 4 heteroatoms. The fourth-order valence-corrected chi connectivity index (χ4v) is 5.45. The Morgan fingerprint density at radius 1 is 1.30 bits per heavy atom. The molecule has 1 aromatic carbocycles. The molecule has 2 aliphatic carbocycles. The molecular weight excluding hydrogens is 336 g/mol. The lowest BCUT2D eigenvalue weighted by Crippen LogP contribution is -2.53. The van der Waals surface area contributed by atoms with Gasteiger partial charge in [0.2, 0.25) is 0 Å². The van der Waals surface area contributed by atoms with Crippen molar-refractivity contribution >= 4 is 16.7 Å². The number of hydrogen-bond acceptors (Lipinski definition) is 3. The molecule has 0 bridgehead atoms. The van der Waals surface area contributed by atoms with Crippen LogP contribution >= 0.6 is 0 Å². The molecule has 27 heavy (non-hydrogen) atoms. The van der Waals surface area contributed by atoms with E-state index < -0.39 is 0 Å². The molecule has 0 saturated carbocycles. The summed E-state index contributed by atoms with van der Waals surface area (Å²) >= 11 is 0. The predicted molar refractivity (Wildman–Crippen MR) is 107 cm³/mol. The first-order chi connectivity index (χ1) is 13.1. The van der Waals surface area contributed by atoms with E-state index in [2.05, 4.69) is 48.1 Å². The van der Waals surface area contributed by atoms with E-state index in [1.807, 2.05) is 0 Å². The first-order valence-electron chi connectivity index (χ1n) is 10.3. The van der Waals surface area contributed by atoms with Crippen LogP contribution in [-0.2, 0) is 16.0 Å². The van der Waals surface area contributed by atoms with E-state index in [4.69, 9.17) is 4.74 Å². The number of nitrogens with zero attached hydrogens (tertiary/aromatic N) is 1. The van der Waals surface area contributed by atoms with Crippen molar-refractivity contribution in [2.75, 3.05) is 13.2 Å². The summed E-state index contributed by atoms with van der Waals surface area (Å²) in [5.41, 5.74) is 4.24. The topological polar surface area (TPSA) is 45.3 Å². The third kappa shape index (κ3) is 2.91. The summed E-state index contributed by atoms with van der Waals surface area (Å²) in [7, 11) is 0. The molecule has 1 aliphatic heterocycles. The van der Waals surface area contributed by atoms with Crippen LogP contribution < -0.4 is 0 Å². The number of ketones is 1. The minimum absolute atomic E-state index is 0.205. The monoisotopic (exact) mass is 364 g/mol. The molecule has 3 aliphatic rings. The van der Waals surface area contributed by atoms with Gasteiger partial charge in [0.1, 0.15) is 0 Å². The number of aromatic nitrogens is 1. The summed E-state index contributed by atoms with van der Waals surface area (Å²) in [6, 6.07) is 7.80. The van der Waals surface area contributed by atoms with Crippen molar-refractivity contribution in [1.82, 2.24) is 9.88 Å². The number of carbonyl (C=O) groups excluding carboxylic acids is 1. The first kappa shape index (κ1) is 17.1. The number of benzene rings is 1. The number of aromatic amines is 1. The molecule has 1 saturated heterocycles. The first-order valence-corrected chi connectivity index (χ1v) is 10.3. The second-order valence-corrected chi connectivity index (χ2v) is 8.74. The highest BCUT2D eigenvalue weighted by molar-refractivity contribution is 5.92. The molecule has 1 aromatic heterocycles. The Labute approximate surface area is 160 Å². The van der Waals surface area contributed by atoms with Crippen molar-refractivity contribution in [3.05, 3.63) is 47.4 Å². The zero-order valence-corrected chi connectivity index (χ0v) is 16.2. The lowest BCUT2D eigenvalue weighted by Gasteiger charge is -2.49. The van der Waals surface area contributed by atoms with Crippen molar-refractivity contribution < 1.29 is 9.53 Å². The maximum absolute atomic E-state index is 11.5. The number of piperidine rings is 1. The predicted octanol–water partition coefficient (Wildman–Crippen LogP) is 4.17. The molecule has 1 fully saturated rings. The van der Waals surface area contributed by atoms with Gasteiger partial charge in [-0.05, 0) is 43.9 Å². The van der Waals surface area contributed by atoms with Gasteiger partial charge in [-0.2, -0.15) is 0 Å². The van der Waals surface area contributed by atoms with Crippen molar-refractivity contribution in [2.45, 2.75) is 57.5 Å². The number of carbonyl (C=O) groups is 1. The van der Waals surface area contributed by atoms with E-state index in [-0.39, 0.29) is 5.78 Å². The summed E-state index contributed by atoms with van der Waals surface area (Å²) in [5.74, 6) is 2.15. The molecule has 142 valence electrons. The molecule has 5 rings (SSSR count). The van der Waals surface area contributed by atoms with Gasteiger partial charge in [-0.1, -0.05) is 12.1 Å².